The molecule has 4 rings (SSSR count). The fourth-order valence-corrected chi connectivity index (χ4v) is 3.78. The third-order valence-electron chi connectivity index (χ3n) is 4.83. The number of hydrogen-bond acceptors (Lipinski definition) is 3. The van der Waals surface area contributed by atoms with Gasteiger partial charge in [-0.3, -0.25) is 14.5 Å². The summed E-state index contributed by atoms with van der Waals surface area (Å²) in [6, 6.07) is 13.6. The van der Waals surface area contributed by atoms with Crippen molar-refractivity contribution in [3.05, 3.63) is 70.1 Å². The topological polar surface area (TPSA) is 56.4 Å². The molecule has 23 heavy (non-hydrogen) atoms. The Morgan fingerprint density at radius 1 is 1.13 bits per heavy atom. The molecule has 1 amide bonds. The number of aromatic nitrogens is 1. The number of amides is 1. The Balaban J connectivity index is 1.70. The molecule has 0 radical (unpaired) electrons. The predicted molar refractivity (Wildman–Crippen MR) is 87.0 cm³/mol. The zero-order valence-electron chi connectivity index (χ0n) is 12.8. The van der Waals surface area contributed by atoms with Gasteiger partial charge in [-0.1, -0.05) is 30.3 Å². The number of aromatic amines is 1. The molecule has 2 saturated heterocycles. The molecular formula is C18H19N3O2. The van der Waals surface area contributed by atoms with Crippen LogP contribution < -0.4 is 5.56 Å². The number of nitrogens with zero attached hydrogens (tertiary/aromatic N) is 2. The van der Waals surface area contributed by atoms with Gasteiger partial charge in [-0.2, -0.15) is 0 Å². The molecule has 2 aliphatic heterocycles. The Kier molecular flexibility index (Phi) is 3.50. The fourth-order valence-electron chi connectivity index (χ4n) is 3.78. The normalized spacial score (nSPS) is 23.9. The third-order valence-corrected chi connectivity index (χ3v) is 4.83. The van der Waals surface area contributed by atoms with E-state index in [1.807, 2.05) is 23.1 Å². The minimum absolute atomic E-state index is 0.0110. The van der Waals surface area contributed by atoms with Crippen LogP contribution in [-0.4, -0.2) is 39.8 Å². The lowest BCUT2D eigenvalue weighted by atomic mass is 10.1. The summed E-state index contributed by atoms with van der Waals surface area (Å²) in [5.41, 5.74) is 1.49. The first-order valence-corrected chi connectivity index (χ1v) is 8.04. The second-order valence-corrected chi connectivity index (χ2v) is 6.22. The van der Waals surface area contributed by atoms with Gasteiger partial charge in [0.05, 0.1) is 5.56 Å². The van der Waals surface area contributed by atoms with E-state index >= 15 is 0 Å². The highest BCUT2D eigenvalue weighted by Gasteiger charge is 2.44. The number of carbonyl (C=O) groups excluding carboxylic acids is 1. The maximum atomic E-state index is 13.0. The van der Waals surface area contributed by atoms with Crippen LogP contribution in [0.4, 0.5) is 0 Å². The van der Waals surface area contributed by atoms with Crippen LogP contribution in [0.15, 0.2) is 53.5 Å². The van der Waals surface area contributed by atoms with Gasteiger partial charge in [0.2, 0.25) is 5.56 Å². The Labute approximate surface area is 134 Å². The van der Waals surface area contributed by atoms with Gasteiger partial charge in [0.1, 0.15) is 6.17 Å². The molecule has 118 valence electrons. The van der Waals surface area contributed by atoms with Crippen molar-refractivity contribution in [1.82, 2.24) is 14.8 Å². The highest BCUT2D eigenvalue weighted by atomic mass is 16.2. The molecule has 3 heterocycles. The van der Waals surface area contributed by atoms with Crippen molar-refractivity contribution in [3.8, 4) is 0 Å². The Morgan fingerprint density at radius 2 is 1.96 bits per heavy atom. The molecular weight excluding hydrogens is 290 g/mol. The molecule has 0 spiro atoms. The van der Waals surface area contributed by atoms with E-state index in [9.17, 15) is 9.59 Å². The second-order valence-electron chi connectivity index (χ2n) is 6.22. The Morgan fingerprint density at radius 3 is 2.70 bits per heavy atom. The van der Waals surface area contributed by atoms with Gasteiger partial charge in [0.15, 0.2) is 0 Å². The highest BCUT2D eigenvalue weighted by molar-refractivity contribution is 5.94. The van der Waals surface area contributed by atoms with Gasteiger partial charge in [-0.25, -0.2) is 0 Å². The average Bonchev–Trinajstić information content (AvgIpc) is 3.16. The predicted octanol–water partition coefficient (Wildman–Crippen LogP) is 1.99. The molecule has 0 bridgehead atoms. The molecule has 2 unspecified atom stereocenters. The second kappa shape index (κ2) is 5.66. The summed E-state index contributed by atoms with van der Waals surface area (Å²) in [4.78, 5) is 31.1. The van der Waals surface area contributed by atoms with E-state index in [2.05, 4.69) is 22.0 Å². The number of carbonyl (C=O) groups is 1. The molecule has 5 heteroatoms. The summed E-state index contributed by atoms with van der Waals surface area (Å²) in [6.07, 6.45) is 3.83. The van der Waals surface area contributed by atoms with Crippen LogP contribution in [0.3, 0.4) is 0 Å². The van der Waals surface area contributed by atoms with E-state index in [0.29, 0.717) is 11.6 Å². The number of fused-ring (bicyclic) bond motifs is 1. The molecule has 2 aliphatic rings. The minimum atomic E-state index is -0.191. The van der Waals surface area contributed by atoms with E-state index in [-0.39, 0.29) is 17.6 Å². The molecule has 1 N–H and O–H groups in total. The average molecular weight is 309 g/mol. The van der Waals surface area contributed by atoms with Crippen molar-refractivity contribution in [2.45, 2.75) is 25.0 Å². The number of nitrogens with one attached hydrogen (secondary N) is 1. The van der Waals surface area contributed by atoms with E-state index < -0.39 is 0 Å². The van der Waals surface area contributed by atoms with Crippen LogP contribution in [0, 0.1) is 0 Å². The van der Waals surface area contributed by atoms with Crippen LogP contribution in [0.2, 0.25) is 0 Å². The van der Waals surface area contributed by atoms with Gasteiger partial charge in [0, 0.05) is 31.4 Å². The molecule has 5 nitrogen and oxygen atoms in total. The first-order chi connectivity index (χ1) is 11.2. The van der Waals surface area contributed by atoms with E-state index in [1.54, 1.807) is 6.07 Å². The molecule has 1 aromatic carbocycles. The maximum absolute atomic E-state index is 13.0. The summed E-state index contributed by atoms with van der Waals surface area (Å²) in [6.45, 7) is 1.77. The van der Waals surface area contributed by atoms with Crippen LogP contribution in [-0.2, 0) is 0 Å². The van der Waals surface area contributed by atoms with Gasteiger partial charge < -0.3 is 9.88 Å². The third kappa shape index (κ3) is 2.47. The van der Waals surface area contributed by atoms with Gasteiger partial charge in [0.25, 0.3) is 5.91 Å². The van der Waals surface area contributed by atoms with Crippen molar-refractivity contribution in [3.63, 3.8) is 0 Å². The molecule has 2 atom stereocenters. The Hall–Kier alpha value is -2.40. The quantitative estimate of drug-likeness (QED) is 0.923. The van der Waals surface area contributed by atoms with E-state index in [1.165, 1.54) is 18.7 Å². The monoisotopic (exact) mass is 309 g/mol. The SMILES string of the molecule is O=C(c1ccc(=O)[nH]c1)N1CC2CCCN2C1c1ccccc1. The van der Waals surface area contributed by atoms with Crippen LogP contribution in [0.1, 0.15) is 34.9 Å². The highest BCUT2D eigenvalue weighted by Crippen LogP contribution is 2.39. The van der Waals surface area contributed by atoms with Crippen molar-refractivity contribution >= 4 is 5.91 Å². The smallest absolute Gasteiger partial charge is 0.256 e. The lowest BCUT2D eigenvalue weighted by Gasteiger charge is -2.30. The number of hydrogen-bond donors (Lipinski definition) is 1. The molecule has 0 saturated carbocycles. The number of rotatable bonds is 2. The molecule has 0 aliphatic carbocycles. The summed E-state index contributed by atoms with van der Waals surface area (Å²) in [5.74, 6) is -0.0236. The van der Waals surface area contributed by atoms with Crippen LogP contribution >= 0.6 is 0 Å². The first-order valence-electron chi connectivity index (χ1n) is 8.04. The van der Waals surface area contributed by atoms with Crippen molar-refractivity contribution < 1.29 is 4.79 Å². The fraction of sp³-hybridized carbons (Fsp3) is 0.333. The van der Waals surface area contributed by atoms with Crippen molar-refractivity contribution in [2.24, 2.45) is 0 Å². The van der Waals surface area contributed by atoms with E-state index in [0.717, 1.165) is 25.1 Å². The summed E-state index contributed by atoms with van der Waals surface area (Å²) in [5, 5.41) is 0. The summed E-state index contributed by atoms with van der Waals surface area (Å²) < 4.78 is 0. The molecule has 2 aromatic rings. The lowest BCUT2D eigenvalue weighted by molar-refractivity contribution is 0.0638. The Bertz CT molecular complexity index is 751. The largest absolute Gasteiger partial charge is 0.328 e. The lowest BCUT2D eigenvalue weighted by Crippen LogP contribution is -2.35. The van der Waals surface area contributed by atoms with Crippen molar-refractivity contribution in [2.75, 3.05) is 13.1 Å². The van der Waals surface area contributed by atoms with Gasteiger partial charge in [-0.05, 0) is 24.5 Å². The zero-order chi connectivity index (χ0) is 15.8. The summed E-state index contributed by atoms with van der Waals surface area (Å²) in [7, 11) is 0. The standard InChI is InChI=1S/C18H19N3O2/c22-16-9-8-14(11-19-16)18(23)21-12-15-7-4-10-20(15)17(21)13-5-2-1-3-6-13/h1-3,5-6,8-9,11,15,17H,4,7,10,12H2,(H,19,22). The number of pyridine rings is 1. The maximum Gasteiger partial charge on any atom is 0.256 e. The van der Waals surface area contributed by atoms with Gasteiger partial charge >= 0.3 is 0 Å². The van der Waals surface area contributed by atoms with E-state index in [4.69, 9.17) is 0 Å². The van der Waals surface area contributed by atoms with Crippen LogP contribution in [0.25, 0.3) is 0 Å². The van der Waals surface area contributed by atoms with Crippen molar-refractivity contribution in [1.29, 1.82) is 0 Å². The first kappa shape index (κ1) is 14.2. The van der Waals surface area contributed by atoms with Crippen LogP contribution in [0.5, 0.6) is 0 Å². The summed E-state index contributed by atoms with van der Waals surface area (Å²) >= 11 is 0. The number of H-pyrrole nitrogens is 1. The zero-order valence-corrected chi connectivity index (χ0v) is 12.8. The number of benzene rings is 1. The van der Waals surface area contributed by atoms with Gasteiger partial charge in [-0.15, -0.1) is 0 Å². The minimum Gasteiger partial charge on any atom is -0.328 e. The molecule has 1 aromatic heterocycles. The molecule has 2 fully saturated rings.